The van der Waals surface area contributed by atoms with Crippen LogP contribution in [-0.4, -0.2) is 40.1 Å². The Balaban J connectivity index is 1.40. The summed E-state index contributed by atoms with van der Waals surface area (Å²) in [6.45, 7) is 5.35. The first-order valence-electron chi connectivity index (χ1n) is 10.3. The molecule has 0 aliphatic carbocycles. The molecular formula is C23H26N4O3S. The van der Waals surface area contributed by atoms with Crippen molar-refractivity contribution in [1.82, 2.24) is 20.1 Å². The van der Waals surface area contributed by atoms with Crippen LogP contribution >= 0.6 is 11.8 Å². The summed E-state index contributed by atoms with van der Waals surface area (Å²) in [5.74, 6) is 2.74. The second-order valence-corrected chi connectivity index (χ2v) is 8.28. The van der Waals surface area contributed by atoms with Crippen molar-refractivity contribution in [3.63, 3.8) is 0 Å². The Morgan fingerprint density at radius 1 is 1.29 bits per heavy atom. The highest BCUT2D eigenvalue weighted by atomic mass is 32.2. The summed E-state index contributed by atoms with van der Waals surface area (Å²) >= 11 is 1.40. The third kappa shape index (κ3) is 4.54. The summed E-state index contributed by atoms with van der Waals surface area (Å²) < 4.78 is 13.0. The normalized spacial score (nSPS) is 15.8. The Morgan fingerprint density at radius 2 is 2.10 bits per heavy atom. The minimum Gasteiger partial charge on any atom is -0.497 e. The fourth-order valence-electron chi connectivity index (χ4n) is 3.72. The van der Waals surface area contributed by atoms with Crippen molar-refractivity contribution in [3.8, 4) is 11.5 Å². The zero-order valence-corrected chi connectivity index (χ0v) is 18.7. The molecular weight excluding hydrogens is 412 g/mol. The van der Waals surface area contributed by atoms with Crippen molar-refractivity contribution in [2.24, 2.45) is 0 Å². The van der Waals surface area contributed by atoms with Crippen LogP contribution in [0.3, 0.4) is 0 Å². The number of fused-ring (bicyclic) bond motifs is 1. The predicted octanol–water partition coefficient (Wildman–Crippen LogP) is 3.80. The van der Waals surface area contributed by atoms with Crippen LogP contribution in [0.2, 0.25) is 0 Å². The van der Waals surface area contributed by atoms with Crippen molar-refractivity contribution >= 4 is 17.7 Å². The van der Waals surface area contributed by atoms with Crippen LogP contribution in [0.25, 0.3) is 0 Å². The number of benzene rings is 2. The first kappa shape index (κ1) is 21.2. The van der Waals surface area contributed by atoms with Crippen LogP contribution in [0.1, 0.15) is 42.8 Å². The fourth-order valence-corrected chi connectivity index (χ4v) is 4.54. The van der Waals surface area contributed by atoms with Gasteiger partial charge in [-0.05, 0) is 30.7 Å². The van der Waals surface area contributed by atoms with Crippen LogP contribution in [0.5, 0.6) is 11.5 Å². The van der Waals surface area contributed by atoms with Crippen molar-refractivity contribution in [3.05, 3.63) is 65.5 Å². The Bertz CT molecular complexity index is 1050. The molecule has 0 fully saturated rings. The van der Waals surface area contributed by atoms with Gasteiger partial charge in [0.25, 0.3) is 0 Å². The SMILES string of the molecule is CCn1c(SCC(=O)N[C@H]2COc3ccc(OC)cc32)nnc1[C@@H](C)c1ccccc1. The summed E-state index contributed by atoms with van der Waals surface area (Å²) in [6.07, 6.45) is 0. The van der Waals surface area contributed by atoms with Gasteiger partial charge in [0.2, 0.25) is 5.91 Å². The lowest BCUT2D eigenvalue weighted by atomic mass is 10.0. The molecule has 8 heteroatoms. The lowest BCUT2D eigenvalue weighted by Crippen LogP contribution is -2.30. The number of amides is 1. The number of nitrogens with one attached hydrogen (secondary N) is 1. The number of methoxy groups -OCH3 is 1. The molecule has 2 heterocycles. The van der Waals surface area contributed by atoms with E-state index < -0.39 is 0 Å². The zero-order valence-electron chi connectivity index (χ0n) is 17.9. The van der Waals surface area contributed by atoms with Gasteiger partial charge >= 0.3 is 0 Å². The van der Waals surface area contributed by atoms with Crippen LogP contribution in [0, 0.1) is 0 Å². The van der Waals surface area contributed by atoms with Gasteiger partial charge in [0.1, 0.15) is 23.9 Å². The molecule has 1 amide bonds. The molecule has 0 spiro atoms. The summed E-state index contributed by atoms with van der Waals surface area (Å²) in [7, 11) is 1.62. The smallest absolute Gasteiger partial charge is 0.231 e. The molecule has 162 valence electrons. The molecule has 1 N–H and O–H groups in total. The third-order valence-corrected chi connectivity index (χ3v) is 6.38. The molecule has 0 saturated heterocycles. The maximum Gasteiger partial charge on any atom is 0.231 e. The molecule has 0 saturated carbocycles. The quantitative estimate of drug-likeness (QED) is 0.539. The second kappa shape index (κ2) is 9.43. The first-order valence-corrected chi connectivity index (χ1v) is 11.3. The van der Waals surface area contributed by atoms with Gasteiger partial charge in [-0.2, -0.15) is 0 Å². The molecule has 0 bridgehead atoms. The van der Waals surface area contributed by atoms with Crippen LogP contribution in [0.4, 0.5) is 0 Å². The Kier molecular flexibility index (Phi) is 6.46. The number of carbonyl (C=O) groups excluding carboxylic acids is 1. The van der Waals surface area contributed by atoms with Gasteiger partial charge in [-0.25, -0.2) is 0 Å². The fraction of sp³-hybridized carbons (Fsp3) is 0.348. The Labute approximate surface area is 186 Å². The van der Waals surface area contributed by atoms with Crippen LogP contribution < -0.4 is 14.8 Å². The maximum atomic E-state index is 12.6. The lowest BCUT2D eigenvalue weighted by molar-refractivity contribution is -0.119. The van der Waals surface area contributed by atoms with E-state index in [1.807, 2.05) is 36.4 Å². The van der Waals surface area contributed by atoms with Crippen molar-refractivity contribution in [2.45, 2.75) is 37.5 Å². The van der Waals surface area contributed by atoms with E-state index in [0.29, 0.717) is 6.61 Å². The van der Waals surface area contributed by atoms with Gasteiger partial charge in [0.15, 0.2) is 5.16 Å². The summed E-state index contributed by atoms with van der Waals surface area (Å²) in [5, 5.41) is 12.6. The standard InChI is InChI=1S/C23H26N4O3S/c1-4-27-22(15(2)16-8-6-5-7-9-16)25-26-23(27)31-14-21(28)24-19-13-30-20-11-10-17(29-3)12-18(19)20/h5-12,15,19H,4,13-14H2,1-3H3,(H,24,28)/t15-,19-/m0/s1. The van der Waals surface area contributed by atoms with E-state index in [1.54, 1.807) is 7.11 Å². The molecule has 1 aromatic heterocycles. The average Bonchev–Trinajstić information content (AvgIpc) is 3.41. The molecule has 1 aliphatic rings. The molecule has 2 aromatic carbocycles. The number of rotatable bonds is 8. The lowest BCUT2D eigenvalue weighted by Gasteiger charge is -2.14. The minimum absolute atomic E-state index is 0.0717. The third-order valence-electron chi connectivity index (χ3n) is 5.41. The molecule has 31 heavy (non-hydrogen) atoms. The van der Waals surface area contributed by atoms with Gasteiger partial charge in [0.05, 0.1) is 18.9 Å². The second-order valence-electron chi connectivity index (χ2n) is 7.34. The topological polar surface area (TPSA) is 78.3 Å². The van der Waals surface area contributed by atoms with E-state index in [1.165, 1.54) is 17.3 Å². The van der Waals surface area contributed by atoms with Crippen molar-refractivity contribution in [1.29, 1.82) is 0 Å². The number of nitrogens with zero attached hydrogens (tertiary/aromatic N) is 3. The monoisotopic (exact) mass is 438 g/mol. The van der Waals surface area contributed by atoms with E-state index >= 15 is 0 Å². The van der Waals surface area contributed by atoms with Crippen LogP contribution in [0.15, 0.2) is 53.7 Å². The summed E-state index contributed by atoms with van der Waals surface area (Å²) in [6, 6.07) is 15.7. The van der Waals surface area contributed by atoms with Crippen molar-refractivity contribution in [2.75, 3.05) is 19.5 Å². The number of ether oxygens (including phenoxy) is 2. The van der Waals surface area contributed by atoms with E-state index in [9.17, 15) is 4.79 Å². The van der Waals surface area contributed by atoms with Gasteiger partial charge in [-0.3, -0.25) is 4.79 Å². The highest BCUT2D eigenvalue weighted by molar-refractivity contribution is 7.99. The zero-order chi connectivity index (χ0) is 21.8. The maximum absolute atomic E-state index is 12.6. The molecule has 0 unspecified atom stereocenters. The first-order chi connectivity index (χ1) is 15.1. The number of thioether (sulfide) groups is 1. The highest BCUT2D eigenvalue weighted by Gasteiger charge is 2.26. The highest BCUT2D eigenvalue weighted by Crippen LogP contribution is 2.35. The summed E-state index contributed by atoms with van der Waals surface area (Å²) in [4.78, 5) is 12.6. The van der Waals surface area contributed by atoms with Gasteiger partial charge in [-0.15, -0.1) is 10.2 Å². The number of hydrogen-bond acceptors (Lipinski definition) is 6. The van der Waals surface area contributed by atoms with Gasteiger partial charge in [0, 0.05) is 18.0 Å². The Hall–Kier alpha value is -3.00. The van der Waals surface area contributed by atoms with E-state index in [0.717, 1.165) is 34.6 Å². The molecule has 3 aromatic rings. The number of carbonyl (C=O) groups is 1. The van der Waals surface area contributed by atoms with Gasteiger partial charge < -0.3 is 19.4 Å². The van der Waals surface area contributed by atoms with Crippen molar-refractivity contribution < 1.29 is 14.3 Å². The molecule has 4 rings (SSSR count). The predicted molar refractivity (Wildman–Crippen MR) is 120 cm³/mol. The van der Waals surface area contributed by atoms with E-state index in [-0.39, 0.29) is 23.6 Å². The van der Waals surface area contributed by atoms with E-state index in [4.69, 9.17) is 9.47 Å². The average molecular weight is 439 g/mol. The number of aromatic nitrogens is 3. The van der Waals surface area contributed by atoms with Gasteiger partial charge in [-0.1, -0.05) is 49.0 Å². The molecule has 2 atom stereocenters. The van der Waals surface area contributed by atoms with E-state index in [2.05, 4.69) is 46.1 Å². The minimum atomic E-state index is -0.184. The molecule has 7 nitrogen and oxygen atoms in total. The molecule has 1 aliphatic heterocycles. The van der Waals surface area contributed by atoms with Crippen LogP contribution in [-0.2, 0) is 11.3 Å². The number of hydrogen-bond donors (Lipinski definition) is 1. The molecule has 0 radical (unpaired) electrons. The largest absolute Gasteiger partial charge is 0.497 e. The Morgan fingerprint density at radius 3 is 2.84 bits per heavy atom. The summed E-state index contributed by atoms with van der Waals surface area (Å²) in [5.41, 5.74) is 2.13.